The fourth-order valence-electron chi connectivity index (χ4n) is 4.00. The van der Waals surface area contributed by atoms with E-state index in [0.717, 1.165) is 71.3 Å². The van der Waals surface area contributed by atoms with Crippen molar-refractivity contribution in [2.24, 2.45) is 16.6 Å². The lowest BCUT2D eigenvalue weighted by Gasteiger charge is -2.34. The monoisotopic (exact) mass is 515 g/mol. The summed E-state index contributed by atoms with van der Waals surface area (Å²) in [5, 5.41) is 3.46. The quantitative estimate of drug-likeness (QED) is 0.343. The summed E-state index contributed by atoms with van der Waals surface area (Å²) in [5.41, 5.74) is 7.94. The molecule has 3 rings (SSSR count). The molecule has 2 saturated heterocycles. The molecule has 1 aromatic rings. The molecule has 1 amide bonds. The number of halogens is 1. The minimum atomic E-state index is -0.216. The summed E-state index contributed by atoms with van der Waals surface area (Å²) in [6.07, 6.45) is 2.58. The molecular weight excluding hydrogens is 481 g/mol. The standard InChI is InChI=1S/C21H33N5O2.HI/c1-23-21(26-8-2-3-19(16-26)13-20(22)27)24-14-17-4-6-18(7-5-17)15-25-9-11-28-12-10-25;/h4-7,19H,2-3,8-16H2,1H3,(H2,22,27)(H,23,24);1H. The molecule has 2 aliphatic rings. The summed E-state index contributed by atoms with van der Waals surface area (Å²) in [5.74, 6) is 1.00. The second-order valence-electron chi connectivity index (χ2n) is 7.73. The first kappa shape index (κ1) is 23.9. The third-order valence-electron chi connectivity index (χ3n) is 5.50. The Morgan fingerprint density at radius 3 is 2.55 bits per heavy atom. The minimum Gasteiger partial charge on any atom is -0.379 e. The molecule has 1 aromatic carbocycles. The topological polar surface area (TPSA) is 83.2 Å². The zero-order valence-electron chi connectivity index (χ0n) is 17.3. The van der Waals surface area contributed by atoms with Gasteiger partial charge in [0, 0.05) is 52.7 Å². The first-order chi connectivity index (χ1) is 13.6. The number of carbonyl (C=O) groups is 1. The van der Waals surface area contributed by atoms with E-state index in [1.807, 2.05) is 7.05 Å². The zero-order chi connectivity index (χ0) is 19.8. The maximum absolute atomic E-state index is 11.2. The molecule has 8 heteroatoms. The second-order valence-corrected chi connectivity index (χ2v) is 7.73. The maximum atomic E-state index is 11.2. The van der Waals surface area contributed by atoms with Crippen LogP contribution in [0.3, 0.4) is 0 Å². The van der Waals surface area contributed by atoms with Crippen molar-refractivity contribution in [2.45, 2.75) is 32.4 Å². The van der Waals surface area contributed by atoms with Gasteiger partial charge in [-0.15, -0.1) is 24.0 Å². The molecule has 7 nitrogen and oxygen atoms in total. The number of ether oxygens (including phenoxy) is 1. The molecule has 1 atom stereocenters. The number of piperidine rings is 1. The van der Waals surface area contributed by atoms with Crippen LogP contribution >= 0.6 is 24.0 Å². The van der Waals surface area contributed by atoms with Crippen LogP contribution in [0.25, 0.3) is 0 Å². The highest BCUT2D eigenvalue weighted by molar-refractivity contribution is 14.0. The second kappa shape index (κ2) is 12.3. The molecule has 2 heterocycles. The lowest BCUT2D eigenvalue weighted by Crippen LogP contribution is -2.46. The largest absolute Gasteiger partial charge is 0.379 e. The van der Waals surface area contributed by atoms with E-state index in [4.69, 9.17) is 10.5 Å². The van der Waals surface area contributed by atoms with E-state index in [2.05, 4.69) is 44.4 Å². The normalized spacial score (nSPS) is 20.8. The number of morpholine rings is 1. The van der Waals surface area contributed by atoms with E-state index >= 15 is 0 Å². The molecule has 2 aliphatic heterocycles. The van der Waals surface area contributed by atoms with Crippen molar-refractivity contribution in [1.82, 2.24) is 15.1 Å². The summed E-state index contributed by atoms with van der Waals surface area (Å²) in [7, 11) is 1.81. The number of carbonyl (C=O) groups excluding carboxylic acids is 1. The van der Waals surface area contributed by atoms with Crippen molar-refractivity contribution in [2.75, 3.05) is 46.4 Å². The Morgan fingerprint density at radius 1 is 1.21 bits per heavy atom. The molecule has 29 heavy (non-hydrogen) atoms. The van der Waals surface area contributed by atoms with Gasteiger partial charge in [0.25, 0.3) is 0 Å². The van der Waals surface area contributed by atoms with Crippen LogP contribution in [0.1, 0.15) is 30.4 Å². The number of amides is 1. The van der Waals surface area contributed by atoms with Crippen LogP contribution < -0.4 is 11.1 Å². The van der Waals surface area contributed by atoms with E-state index in [1.54, 1.807) is 0 Å². The molecule has 0 bridgehead atoms. The van der Waals surface area contributed by atoms with Gasteiger partial charge in [0.2, 0.25) is 5.91 Å². The Balaban J connectivity index is 0.00000300. The highest BCUT2D eigenvalue weighted by Gasteiger charge is 2.23. The van der Waals surface area contributed by atoms with Crippen molar-refractivity contribution in [3.8, 4) is 0 Å². The van der Waals surface area contributed by atoms with Crippen molar-refractivity contribution >= 4 is 35.8 Å². The maximum Gasteiger partial charge on any atom is 0.217 e. The van der Waals surface area contributed by atoms with E-state index in [-0.39, 0.29) is 29.9 Å². The number of hydrogen-bond acceptors (Lipinski definition) is 4. The lowest BCUT2D eigenvalue weighted by molar-refractivity contribution is -0.119. The number of benzene rings is 1. The Hall–Kier alpha value is -1.39. The molecule has 162 valence electrons. The third kappa shape index (κ3) is 7.75. The van der Waals surface area contributed by atoms with Gasteiger partial charge >= 0.3 is 0 Å². The number of hydrogen-bond donors (Lipinski definition) is 2. The van der Waals surface area contributed by atoms with Crippen LogP contribution in [0, 0.1) is 5.92 Å². The summed E-state index contributed by atoms with van der Waals surface area (Å²) in [6, 6.07) is 8.78. The summed E-state index contributed by atoms with van der Waals surface area (Å²) in [4.78, 5) is 20.3. The van der Waals surface area contributed by atoms with Crippen LogP contribution in [-0.2, 0) is 22.6 Å². The van der Waals surface area contributed by atoms with Gasteiger partial charge < -0.3 is 20.7 Å². The number of nitrogens with two attached hydrogens (primary N) is 1. The summed E-state index contributed by atoms with van der Waals surface area (Å²) >= 11 is 0. The van der Waals surface area contributed by atoms with Gasteiger partial charge in [-0.05, 0) is 29.9 Å². The number of primary amides is 1. The highest BCUT2D eigenvalue weighted by atomic mass is 127. The van der Waals surface area contributed by atoms with Gasteiger partial charge in [-0.25, -0.2) is 0 Å². The molecule has 0 spiro atoms. The predicted molar refractivity (Wildman–Crippen MR) is 126 cm³/mol. The number of nitrogens with zero attached hydrogens (tertiary/aromatic N) is 3. The summed E-state index contributed by atoms with van der Waals surface area (Å²) < 4.78 is 5.41. The smallest absolute Gasteiger partial charge is 0.217 e. The van der Waals surface area contributed by atoms with E-state index in [9.17, 15) is 4.79 Å². The van der Waals surface area contributed by atoms with Gasteiger partial charge in [0.05, 0.1) is 13.2 Å². The highest BCUT2D eigenvalue weighted by Crippen LogP contribution is 2.19. The van der Waals surface area contributed by atoms with E-state index in [0.29, 0.717) is 12.3 Å². The fraction of sp³-hybridized carbons (Fsp3) is 0.619. The molecule has 1 unspecified atom stereocenters. The first-order valence-electron chi connectivity index (χ1n) is 10.3. The zero-order valence-corrected chi connectivity index (χ0v) is 19.6. The van der Waals surface area contributed by atoms with Gasteiger partial charge in [0.1, 0.15) is 0 Å². The van der Waals surface area contributed by atoms with Crippen LogP contribution in [-0.4, -0.2) is 68.1 Å². The fourth-order valence-corrected chi connectivity index (χ4v) is 4.00. The number of nitrogens with one attached hydrogen (secondary N) is 1. The summed E-state index contributed by atoms with van der Waals surface area (Å²) in [6.45, 7) is 7.19. The lowest BCUT2D eigenvalue weighted by atomic mass is 9.95. The molecule has 3 N–H and O–H groups in total. The predicted octanol–water partition coefficient (Wildman–Crippen LogP) is 1.80. The van der Waals surface area contributed by atoms with Crippen molar-refractivity contribution in [1.29, 1.82) is 0 Å². The molecule has 0 aromatic heterocycles. The van der Waals surface area contributed by atoms with E-state index < -0.39 is 0 Å². The van der Waals surface area contributed by atoms with Gasteiger partial charge in [-0.1, -0.05) is 24.3 Å². The third-order valence-corrected chi connectivity index (χ3v) is 5.50. The Morgan fingerprint density at radius 2 is 1.90 bits per heavy atom. The Bertz CT molecular complexity index is 662. The van der Waals surface area contributed by atoms with Gasteiger partial charge in [-0.2, -0.15) is 0 Å². The molecule has 0 radical (unpaired) electrons. The van der Waals surface area contributed by atoms with Crippen molar-refractivity contribution in [3.05, 3.63) is 35.4 Å². The molecular formula is C21H34IN5O2. The molecule has 0 saturated carbocycles. The average molecular weight is 515 g/mol. The number of guanidine groups is 1. The van der Waals surface area contributed by atoms with Crippen LogP contribution in [0.15, 0.2) is 29.3 Å². The number of rotatable bonds is 6. The van der Waals surface area contributed by atoms with Crippen LogP contribution in [0.5, 0.6) is 0 Å². The Kier molecular flexibility index (Phi) is 10.2. The van der Waals surface area contributed by atoms with Crippen molar-refractivity contribution in [3.63, 3.8) is 0 Å². The molecule has 2 fully saturated rings. The van der Waals surface area contributed by atoms with Gasteiger partial charge in [-0.3, -0.25) is 14.7 Å². The molecule has 0 aliphatic carbocycles. The average Bonchev–Trinajstić information content (AvgIpc) is 2.70. The van der Waals surface area contributed by atoms with Crippen molar-refractivity contribution < 1.29 is 9.53 Å². The number of likely N-dealkylation sites (tertiary alicyclic amines) is 1. The van der Waals surface area contributed by atoms with Gasteiger partial charge in [0.15, 0.2) is 5.96 Å². The van der Waals surface area contributed by atoms with E-state index in [1.165, 1.54) is 11.1 Å². The van der Waals surface area contributed by atoms with Crippen LogP contribution in [0.4, 0.5) is 0 Å². The number of aliphatic imine (C=N–C) groups is 1. The van der Waals surface area contributed by atoms with Crippen LogP contribution in [0.2, 0.25) is 0 Å². The first-order valence-corrected chi connectivity index (χ1v) is 10.3. The SMILES string of the molecule is CN=C(NCc1ccc(CN2CCOCC2)cc1)N1CCCC(CC(N)=O)C1.I. The minimum absolute atomic E-state index is 0. The Labute approximate surface area is 191 Å².